The number of sulfonamides is 1. The number of carbonyl (C=O) groups excluding carboxylic acids is 1. The normalized spacial score (nSPS) is 32.0. The Bertz CT molecular complexity index is 796. The van der Waals surface area contributed by atoms with Crippen LogP contribution in [0.1, 0.15) is 62.7 Å². The van der Waals surface area contributed by atoms with Gasteiger partial charge in [0, 0.05) is 18.2 Å². The molecule has 1 amide bonds. The summed E-state index contributed by atoms with van der Waals surface area (Å²) in [5.74, 6) is 2.38. The number of benzene rings is 1. The zero-order valence-electron chi connectivity index (χ0n) is 16.2. The van der Waals surface area contributed by atoms with Gasteiger partial charge in [0.1, 0.15) is 0 Å². The van der Waals surface area contributed by atoms with Crippen LogP contribution in [0, 0.1) is 23.2 Å². The van der Waals surface area contributed by atoms with Crippen LogP contribution in [0.2, 0.25) is 0 Å². The summed E-state index contributed by atoms with van der Waals surface area (Å²) in [6.07, 6.45) is 7.88. The number of hydrogen-bond donors (Lipinski definition) is 2. The van der Waals surface area contributed by atoms with Gasteiger partial charge in [0.15, 0.2) is 0 Å². The summed E-state index contributed by atoms with van der Waals surface area (Å²) in [7, 11) is -3.60. The van der Waals surface area contributed by atoms with Gasteiger partial charge in [-0.05, 0) is 93.7 Å². The van der Waals surface area contributed by atoms with Crippen molar-refractivity contribution in [1.82, 2.24) is 10.0 Å². The topological polar surface area (TPSA) is 75.3 Å². The largest absolute Gasteiger partial charge is 0.351 e. The molecule has 0 spiro atoms. The molecule has 0 aromatic heterocycles. The molecule has 4 aliphatic carbocycles. The van der Waals surface area contributed by atoms with Crippen LogP contribution in [0.5, 0.6) is 0 Å². The number of rotatable bonds is 6. The van der Waals surface area contributed by atoms with Crippen LogP contribution < -0.4 is 10.0 Å². The standard InChI is InChI=1S/C21H30N2O3S/c1-14(2)23-27(25,26)19-5-3-4-18(9-19)20(24)22-13-21-10-15-6-16(11-21)8-17(7-15)12-21/h3-5,9,14-17,23H,6-8,10-13H2,1-2H3,(H,22,24). The van der Waals surface area contributed by atoms with Crippen LogP contribution in [0.4, 0.5) is 0 Å². The highest BCUT2D eigenvalue weighted by Crippen LogP contribution is 2.59. The van der Waals surface area contributed by atoms with Gasteiger partial charge in [-0.25, -0.2) is 13.1 Å². The maximum atomic E-state index is 12.7. The molecule has 1 aromatic carbocycles. The molecule has 4 aliphatic rings. The van der Waals surface area contributed by atoms with Gasteiger partial charge in [-0.3, -0.25) is 4.79 Å². The molecule has 1 aromatic rings. The Hall–Kier alpha value is -1.40. The molecule has 4 bridgehead atoms. The lowest BCUT2D eigenvalue weighted by molar-refractivity contribution is -0.0503. The van der Waals surface area contributed by atoms with Crippen LogP contribution >= 0.6 is 0 Å². The maximum Gasteiger partial charge on any atom is 0.251 e. The molecule has 6 heteroatoms. The van der Waals surface area contributed by atoms with Gasteiger partial charge in [0.2, 0.25) is 10.0 Å². The molecular formula is C21H30N2O3S. The molecule has 0 unspecified atom stereocenters. The van der Waals surface area contributed by atoms with Crippen LogP contribution in [0.3, 0.4) is 0 Å². The minimum atomic E-state index is -3.60. The lowest BCUT2D eigenvalue weighted by Crippen LogP contribution is -2.51. The predicted molar refractivity (Wildman–Crippen MR) is 105 cm³/mol. The Morgan fingerprint density at radius 2 is 1.70 bits per heavy atom. The average Bonchev–Trinajstić information content (AvgIpc) is 2.57. The number of nitrogens with one attached hydrogen (secondary N) is 2. The highest BCUT2D eigenvalue weighted by Gasteiger charge is 2.50. The molecule has 0 atom stereocenters. The molecule has 5 rings (SSSR count). The number of carbonyl (C=O) groups is 1. The number of amides is 1. The highest BCUT2D eigenvalue weighted by molar-refractivity contribution is 7.89. The monoisotopic (exact) mass is 390 g/mol. The fourth-order valence-electron chi connectivity index (χ4n) is 6.06. The van der Waals surface area contributed by atoms with Crippen molar-refractivity contribution in [3.05, 3.63) is 29.8 Å². The van der Waals surface area contributed by atoms with Crippen LogP contribution in [-0.4, -0.2) is 26.9 Å². The van der Waals surface area contributed by atoms with Crippen LogP contribution in [0.25, 0.3) is 0 Å². The van der Waals surface area contributed by atoms with E-state index in [1.165, 1.54) is 50.7 Å². The van der Waals surface area contributed by atoms with Crippen LogP contribution in [-0.2, 0) is 10.0 Å². The van der Waals surface area contributed by atoms with Gasteiger partial charge in [0.25, 0.3) is 5.91 Å². The predicted octanol–water partition coefficient (Wildman–Crippen LogP) is 3.32. The van der Waals surface area contributed by atoms with E-state index in [2.05, 4.69) is 10.0 Å². The Kier molecular flexibility index (Phi) is 4.83. The Labute approximate surface area is 162 Å². The van der Waals surface area contributed by atoms with Crippen LogP contribution in [0.15, 0.2) is 29.2 Å². The van der Waals surface area contributed by atoms with E-state index in [-0.39, 0.29) is 22.3 Å². The van der Waals surface area contributed by atoms with E-state index in [4.69, 9.17) is 0 Å². The fourth-order valence-corrected chi connectivity index (χ4v) is 7.36. The second-order valence-corrected chi connectivity index (χ2v) is 11.1. The molecule has 0 saturated heterocycles. The van der Waals surface area contributed by atoms with Crippen molar-refractivity contribution in [2.75, 3.05) is 6.54 Å². The van der Waals surface area contributed by atoms with E-state index in [0.717, 1.165) is 24.3 Å². The molecule has 0 aliphatic heterocycles. The SMILES string of the molecule is CC(C)NS(=O)(=O)c1cccc(C(=O)NCC23CC4CC(CC(C4)C2)C3)c1. The van der Waals surface area contributed by atoms with E-state index < -0.39 is 10.0 Å². The fraction of sp³-hybridized carbons (Fsp3) is 0.667. The minimum absolute atomic E-state index is 0.138. The second-order valence-electron chi connectivity index (χ2n) is 9.40. The van der Waals surface area contributed by atoms with Crippen molar-refractivity contribution in [1.29, 1.82) is 0 Å². The molecule has 0 heterocycles. The summed E-state index contributed by atoms with van der Waals surface area (Å²) in [5.41, 5.74) is 0.680. The van der Waals surface area contributed by atoms with E-state index >= 15 is 0 Å². The minimum Gasteiger partial charge on any atom is -0.351 e. The first-order valence-electron chi connectivity index (χ1n) is 10.2. The van der Waals surface area contributed by atoms with Gasteiger partial charge >= 0.3 is 0 Å². The van der Waals surface area contributed by atoms with E-state index in [9.17, 15) is 13.2 Å². The summed E-state index contributed by atoms with van der Waals surface area (Å²) < 4.78 is 27.3. The molecule has 27 heavy (non-hydrogen) atoms. The Balaban J connectivity index is 1.44. The average molecular weight is 391 g/mol. The summed E-state index contributed by atoms with van der Waals surface area (Å²) in [5, 5.41) is 3.12. The van der Waals surface area contributed by atoms with Gasteiger partial charge in [-0.15, -0.1) is 0 Å². The molecule has 4 saturated carbocycles. The molecule has 0 radical (unpaired) electrons. The van der Waals surface area contributed by atoms with Gasteiger partial charge in [0.05, 0.1) is 4.90 Å². The van der Waals surface area contributed by atoms with E-state index in [1.54, 1.807) is 26.0 Å². The summed E-state index contributed by atoms with van der Waals surface area (Å²) >= 11 is 0. The summed E-state index contributed by atoms with van der Waals surface area (Å²) in [6, 6.07) is 6.13. The Morgan fingerprint density at radius 3 is 2.26 bits per heavy atom. The molecule has 2 N–H and O–H groups in total. The maximum absolute atomic E-state index is 12.7. The zero-order valence-corrected chi connectivity index (χ0v) is 17.0. The first-order valence-corrected chi connectivity index (χ1v) is 11.6. The quantitative estimate of drug-likeness (QED) is 0.782. The third-order valence-electron chi connectivity index (χ3n) is 6.59. The second kappa shape index (κ2) is 6.89. The zero-order chi connectivity index (χ0) is 19.2. The van der Waals surface area contributed by atoms with Crippen molar-refractivity contribution < 1.29 is 13.2 Å². The summed E-state index contributed by atoms with van der Waals surface area (Å²) in [4.78, 5) is 12.9. The molecule has 5 nitrogen and oxygen atoms in total. The third-order valence-corrected chi connectivity index (χ3v) is 8.24. The molecule has 148 valence electrons. The highest BCUT2D eigenvalue weighted by atomic mass is 32.2. The van der Waals surface area contributed by atoms with Crippen molar-refractivity contribution in [2.45, 2.75) is 63.3 Å². The van der Waals surface area contributed by atoms with Crippen molar-refractivity contribution >= 4 is 15.9 Å². The van der Waals surface area contributed by atoms with E-state index in [1.807, 2.05) is 0 Å². The smallest absolute Gasteiger partial charge is 0.251 e. The first kappa shape index (κ1) is 18.9. The lowest BCUT2D eigenvalue weighted by Gasteiger charge is -2.56. The summed E-state index contributed by atoms with van der Waals surface area (Å²) in [6.45, 7) is 4.27. The van der Waals surface area contributed by atoms with Crippen molar-refractivity contribution in [3.63, 3.8) is 0 Å². The van der Waals surface area contributed by atoms with Crippen molar-refractivity contribution in [2.24, 2.45) is 23.2 Å². The Morgan fingerprint density at radius 1 is 1.11 bits per heavy atom. The molecular weight excluding hydrogens is 360 g/mol. The van der Waals surface area contributed by atoms with E-state index in [0.29, 0.717) is 5.56 Å². The molecule has 4 fully saturated rings. The van der Waals surface area contributed by atoms with Gasteiger partial charge in [-0.2, -0.15) is 0 Å². The van der Waals surface area contributed by atoms with Gasteiger partial charge in [-0.1, -0.05) is 6.07 Å². The third kappa shape index (κ3) is 3.92. The number of hydrogen-bond acceptors (Lipinski definition) is 3. The first-order chi connectivity index (χ1) is 12.7. The van der Waals surface area contributed by atoms with Gasteiger partial charge < -0.3 is 5.32 Å². The van der Waals surface area contributed by atoms with Crippen molar-refractivity contribution in [3.8, 4) is 0 Å². The lowest BCUT2D eigenvalue weighted by atomic mass is 9.49.